The highest BCUT2D eigenvalue weighted by Gasteiger charge is 2.35. The molecule has 9 heteroatoms. The summed E-state index contributed by atoms with van der Waals surface area (Å²) in [6.45, 7) is 9.27. The standard InChI is InChI=1S/C25H30N4O3S2/c1-15-6-7-21-26-22(27-11-16(2)9-17(3)12-27)19(23(30)28(21)13-15)10-20-24(31)29(25(33)34-20)14-18-5-4-8-32-18/h6-7,10,13,16-18H,4-5,8-9,11-12,14H2,1-3H3/b20-10-/t16-,17-,18+/m0/s1. The Morgan fingerprint density at radius 3 is 2.71 bits per heavy atom. The topological polar surface area (TPSA) is 67.2 Å². The van der Waals surface area contributed by atoms with Crippen LogP contribution in [0.4, 0.5) is 5.82 Å². The Balaban J connectivity index is 1.58. The van der Waals surface area contributed by atoms with Gasteiger partial charge in [-0.25, -0.2) is 4.98 Å². The van der Waals surface area contributed by atoms with E-state index in [-0.39, 0.29) is 17.6 Å². The highest BCUT2D eigenvalue weighted by molar-refractivity contribution is 8.26. The number of anilines is 1. The second-order valence-electron chi connectivity index (χ2n) is 9.87. The zero-order valence-electron chi connectivity index (χ0n) is 19.8. The fourth-order valence-electron chi connectivity index (χ4n) is 5.23. The van der Waals surface area contributed by atoms with Crippen LogP contribution in [0.25, 0.3) is 11.7 Å². The third-order valence-corrected chi connectivity index (χ3v) is 8.09. The normalized spacial score (nSPS) is 26.9. The van der Waals surface area contributed by atoms with Crippen LogP contribution in [-0.4, -0.2) is 56.9 Å². The summed E-state index contributed by atoms with van der Waals surface area (Å²) >= 11 is 6.78. The summed E-state index contributed by atoms with van der Waals surface area (Å²) in [5.74, 6) is 1.49. The number of aromatic nitrogens is 2. The van der Waals surface area contributed by atoms with Crippen molar-refractivity contribution < 1.29 is 9.53 Å². The van der Waals surface area contributed by atoms with E-state index in [2.05, 4.69) is 18.7 Å². The minimum Gasteiger partial charge on any atom is -0.376 e. The van der Waals surface area contributed by atoms with Gasteiger partial charge in [-0.2, -0.15) is 0 Å². The minimum absolute atomic E-state index is 0.0182. The number of carbonyl (C=O) groups is 1. The van der Waals surface area contributed by atoms with Crippen LogP contribution in [0.5, 0.6) is 0 Å². The molecule has 3 aliphatic rings. The monoisotopic (exact) mass is 498 g/mol. The number of thioether (sulfide) groups is 1. The van der Waals surface area contributed by atoms with Crippen molar-refractivity contribution in [3.8, 4) is 0 Å². The first-order chi connectivity index (χ1) is 16.3. The molecule has 7 nitrogen and oxygen atoms in total. The number of nitrogens with zero attached hydrogens (tertiary/aromatic N) is 4. The van der Waals surface area contributed by atoms with E-state index in [0.29, 0.717) is 44.6 Å². The first-order valence-corrected chi connectivity index (χ1v) is 13.2. The number of thiocarbonyl (C=S) groups is 1. The molecule has 0 spiro atoms. The lowest BCUT2D eigenvalue weighted by Crippen LogP contribution is -2.40. The molecule has 0 bridgehead atoms. The number of aryl methyl sites for hydroxylation is 1. The number of hydrogen-bond acceptors (Lipinski definition) is 7. The number of hydrogen-bond donors (Lipinski definition) is 0. The number of pyridine rings is 1. The zero-order chi connectivity index (χ0) is 24.0. The van der Waals surface area contributed by atoms with E-state index in [1.54, 1.807) is 21.6 Å². The van der Waals surface area contributed by atoms with Crippen LogP contribution in [0.15, 0.2) is 28.0 Å². The summed E-state index contributed by atoms with van der Waals surface area (Å²) in [5, 5.41) is 0. The molecule has 0 aliphatic carbocycles. The number of piperidine rings is 1. The van der Waals surface area contributed by atoms with Gasteiger partial charge in [-0.15, -0.1) is 0 Å². The van der Waals surface area contributed by atoms with Crippen LogP contribution in [0.2, 0.25) is 0 Å². The van der Waals surface area contributed by atoms with E-state index in [0.717, 1.165) is 44.5 Å². The van der Waals surface area contributed by atoms with Crippen molar-refractivity contribution in [3.63, 3.8) is 0 Å². The molecule has 0 radical (unpaired) electrons. The maximum absolute atomic E-state index is 13.7. The molecule has 0 aromatic carbocycles. The van der Waals surface area contributed by atoms with Gasteiger partial charge < -0.3 is 9.64 Å². The van der Waals surface area contributed by atoms with Crippen molar-refractivity contribution in [2.24, 2.45) is 11.8 Å². The van der Waals surface area contributed by atoms with E-state index >= 15 is 0 Å². The Hall–Kier alpha value is -2.23. The third-order valence-electron chi connectivity index (χ3n) is 6.71. The molecule has 3 saturated heterocycles. The van der Waals surface area contributed by atoms with Crippen molar-refractivity contribution in [2.75, 3.05) is 31.1 Å². The molecule has 2 aromatic heterocycles. The van der Waals surface area contributed by atoms with E-state index in [4.69, 9.17) is 21.9 Å². The lowest BCUT2D eigenvalue weighted by atomic mass is 9.91. The predicted octanol–water partition coefficient (Wildman–Crippen LogP) is 3.87. The number of ether oxygens (including phenoxy) is 1. The van der Waals surface area contributed by atoms with Crippen molar-refractivity contribution in [2.45, 2.75) is 46.1 Å². The van der Waals surface area contributed by atoms with Crippen molar-refractivity contribution in [3.05, 3.63) is 44.7 Å². The molecular weight excluding hydrogens is 468 g/mol. The summed E-state index contributed by atoms with van der Waals surface area (Å²) < 4.78 is 7.80. The highest BCUT2D eigenvalue weighted by atomic mass is 32.2. The largest absolute Gasteiger partial charge is 0.376 e. The molecule has 2 aromatic rings. The average molecular weight is 499 g/mol. The van der Waals surface area contributed by atoms with Gasteiger partial charge in [0.25, 0.3) is 11.5 Å². The molecule has 3 aliphatic heterocycles. The third kappa shape index (κ3) is 4.53. The number of carbonyl (C=O) groups excluding carboxylic acids is 1. The Labute approximate surface area is 209 Å². The van der Waals surface area contributed by atoms with Gasteiger partial charge in [0.05, 0.1) is 23.1 Å². The lowest BCUT2D eigenvalue weighted by molar-refractivity contribution is -0.123. The van der Waals surface area contributed by atoms with Gasteiger partial charge in [0, 0.05) is 25.9 Å². The van der Waals surface area contributed by atoms with Gasteiger partial charge >= 0.3 is 0 Å². The molecule has 1 amide bonds. The molecule has 0 unspecified atom stereocenters. The van der Waals surface area contributed by atoms with Gasteiger partial charge in [0.15, 0.2) is 0 Å². The van der Waals surface area contributed by atoms with Crippen LogP contribution in [-0.2, 0) is 9.53 Å². The average Bonchev–Trinajstić information content (AvgIpc) is 3.39. The van der Waals surface area contributed by atoms with Crippen molar-refractivity contribution in [1.82, 2.24) is 14.3 Å². The summed E-state index contributed by atoms with van der Waals surface area (Å²) in [5.41, 5.74) is 1.86. The van der Waals surface area contributed by atoms with Gasteiger partial charge in [-0.05, 0) is 55.7 Å². The molecule has 3 atom stereocenters. The van der Waals surface area contributed by atoms with Crippen LogP contribution in [0, 0.1) is 18.8 Å². The van der Waals surface area contributed by atoms with Gasteiger partial charge in [0.1, 0.15) is 15.8 Å². The van der Waals surface area contributed by atoms with Crippen LogP contribution >= 0.6 is 24.0 Å². The van der Waals surface area contributed by atoms with E-state index < -0.39 is 0 Å². The first kappa shape index (κ1) is 23.5. The molecule has 180 valence electrons. The summed E-state index contributed by atoms with van der Waals surface area (Å²) in [4.78, 5) is 36.2. The summed E-state index contributed by atoms with van der Waals surface area (Å²) in [6, 6.07) is 3.84. The minimum atomic E-state index is -0.168. The van der Waals surface area contributed by atoms with Crippen LogP contribution in [0.3, 0.4) is 0 Å². The number of fused-ring (bicyclic) bond motifs is 1. The van der Waals surface area contributed by atoms with Gasteiger partial charge in [-0.1, -0.05) is 43.9 Å². The Morgan fingerprint density at radius 1 is 1.24 bits per heavy atom. The fraction of sp³-hybridized carbons (Fsp3) is 0.520. The molecule has 5 heterocycles. The van der Waals surface area contributed by atoms with Crippen LogP contribution in [0.1, 0.15) is 44.2 Å². The van der Waals surface area contributed by atoms with E-state index in [9.17, 15) is 9.59 Å². The first-order valence-electron chi connectivity index (χ1n) is 11.9. The molecule has 3 fully saturated rings. The maximum atomic E-state index is 13.7. The number of amides is 1. The quantitative estimate of drug-likeness (QED) is 0.468. The highest BCUT2D eigenvalue weighted by Crippen LogP contribution is 2.35. The van der Waals surface area contributed by atoms with Crippen molar-refractivity contribution in [1.29, 1.82) is 0 Å². The van der Waals surface area contributed by atoms with Gasteiger partial charge in [-0.3, -0.25) is 18.9 Å². The zero-order valence-corrected chi connectivity index (χ0v) is 21.5. The molecule has 0 saturated carbocycles. The SMILES string of the molecule is Cc1ccc2nc(N3C[C@@H](C)C[C@H](C)C3)c(/C=C3\SC(=S)N(C[C@H]4CCCO4)C3=O)c(=O)n2c1. The Morgan fingerprint density at radius 2 is 2.00 bits per heavy atom. The second-order valence-corrected chi connectivity index (χ2v) is 11.5. The molecular formula is C25H30N4O3S2. The lowest BCUT2D eigenvalue weighted by Gasteiger charge is -2.36. The Bertz CT molecular complexity index is 1220. The smallest absolute Gasteiger partial charge is 0.267 e. The molecule has 5 rings (SSSR count). The fourth-order valence-corrected chi connectivity index (χ4v) is 6.49. The van der Waals surface area contributed by atoms with Crippen molar-refractivity contribution >= 4 is 51.7 Å². The predicted molar refractivity (Wildman–Crippen MR) is 140 cm³/mol. The molecule has 0 N–H and O–H groups in total. The maximum Gasteiger partial charge on any atom is 0.267 e. The van der Waals surface area contributed by atoms with Crippen LogP contribution < -0.4 is 10.5 Å². The van der Waals surface area contributed by atoms with E-state index in [1.807, 2.05) is 19.1 Å². The van der Waals surface area contributed by atoms with Gasteiger partial charge in [0.2, 0.25) is 0 Å². The summed E-state index contributed by atoms with van der Waals surface area (Å²) in [7, 11) is 0. The summed E-state index contributed by atoms with van der Waals surface area (Å²) in [6.07, 6.45) is 6.61. The number of rotatable bonds is 4. The van der Waals surface area contributed by atoms with E-state index in [1.165, 1.54) is 11.8 Å². The molecule has 34 heavy (non-hydrogen) atoms. The second kappa shape index (κ2) is 9.43. The Kier molecular flexibility index (Phi) is 6.52.